The van der Waals surface area contributed by atoms with Gasteiger partial charge in [0.15, 0.2) is 0 Å². The number of nitrogens with two attached hydrogens (primary N) is 1. The highest BCUT2D eigenvalue weighted by molar-refractivity contribution is 7.80. The Labute approximate surface area is 102 Å². The molecule has 1 heterocycles. The van der Waals surface area contributed by atoms with Gasteiger partial charge in [0.1, 0.15) is 6.10 Å². The van der Waals surface area contributed by atoms with E-state index in [0.717, 1.165) is 6.42 Å². The van der Waals surface area contributed by atoms with Crippen molar-refractivity contribution in [2.24, 2.45) is 11.7 Å². The zero-order valence-electron chi connectivity index (χ0n) is 9.94. The largest absolute Gasteiger partial charge is 0.393 e. The molecule has 0 bridgehead atoms. The number of nitrogens with zero attached hydrogens (tertiary/aromatic N) is 1. The fourth-order valence-electron chi connectivity index (χ4n) is 1.86. The number of carbonyl (C=O) groups excluding carboxylic acids is 1. The summed E-state index contributed by atoms with van der Waals surface area (Å²) in [7, 11) is 0. The number of hydrogen-bond acceptors (Lipinski definition) is 3. The van der Waals surface area contributed by atoms with Gasteiger partial charge < -0.3 is 15.4 Å². The second-order valence-electron chi connectivity index (χ2n) is 4.19. The van der Waals surface area contributed by atoms with Crippen molar-refractivity contribution < 1.29 is 9.53 Å². The lowest BCUT2D eigenvalue weighted by Gasteiger charge is -2.25. The molecule has 16 heavy (non-hydrogen) atoms. The molecule has 1 aliphatic rings. The third kappa shape index (κ3) is 3.42. The first-order valence-corrected chi connectivity index (χ1v) is 6.15. The van der Waals surface area contributed by atoms with E-state index in [2.05, 4.69) is 6.92 Å². The highest BCUT2D eigenvalue weighted by Crippen LogP contribution is 2.21. The van der Waals surface area contributed by atoms with E-state index < -0.39 is 0 Å². The lowest BCUT2D eigenvalue weighted by Crippen LogP contribution is -2.42. The third-order valence-corrected chi connectivity index (χ3v) is 3.16. The van der Waals surface area contributed by atoms with E-state index in [4.69, 9.17) is 22.7 Å². The number of carbonyl (C=O) groups is 1. The van der Waals surface area contributed by atoms with Crippen LogP contribution < -0.4 is 5.73 Å². The zero-order chi connectivity index (χ0) is 12.1. The predicted octanol–water partition coefficient (Wildman–Crippen LogP) is 0.936. The summed E-state index contributed by atoms with van der Waals surface area (Å²) < 4.78 is 5.46. The van der Waals surface area contributed by atoms with Crippen molar-refractivity contribution in [1.82, 2.24) is 4.90 Å². The van der Waals surface area contributed by atoms with Gasteiger partial charge in [0.2, 0.25) is 0 Å². The summed E-state index contributed by atoms with van der Waals surface area (Å²) in [6.07, 6.45) is 1.27. The van der Waals surface area contributed by atoms with Crippen LogP contribution in [0.3, 0.4) is 0 Å². The molecule has 1 rings (SSSR count). The summed E-state index contributed by atoms with van der Waals surface area (Å²) in [6, 6.07) is 0. The van der Waals surface area contributed by atoms with Crippen LogP contribution in [0.15, 0.2) is 0 Å². The first kappa shape index (κ1) is 13.4. The van der Waals surface area contributed by atoms with E-state index >= 15 is 0 Å². The first-order valence-electron chi connectivity index (χ1n) is 5.75. The highest BCUT2D eigenvalue weighted by Gasteiger charge is 2.33. The Morgan fingerprint density at radius 1 is 1.62 bits per heavy atom. The van der Waals surface area contributed by atoms with E-state index in [0.29, 0.717) is 37.0 Å². The van der Waals surface area contributed by atoms with Gasteiger partial charge in [-0.15, -0.1) is 0 Å². The monoisotopic (exact) mass is 244 g/mol. The summed E-state index contributed by atoms with van der Waals surface area (Å²) in [5.74, 6) is 0.384. The maximum absolute atomic E-state index is 12.1. The molecular weight excluding hydrogens is 224 g/mol. The quantitative estimate of drug-likeness (QED) is 0.731. The molecule has 2 unspecified atom stereocenters. The molecule has 92 valence electrons. The van der Waals surface area contributed by atoms with Crippen LogP contribution in [0.1, 0.15) is 26.7 Å². The number of amides is 1. The van der Waals surface area contributed by atoms with E-state index in [9.17, 15) is 4.79 Å². The Kier molecular flexibility index (Phi) is 5.15. The number of ether oxygens (including phenoxy) is 1. The number of thiocarbonyl (C=S) groups is 1. The van der Waals surface area contributed by atoms with Crippen molar-refractivity contribution in [3.05, 3.63) is 0 Å². The average molecular weight is 244 g/mol. The Morgan fingerprint density at radius 3 is 2.75 bits per heavy atom. The van der Waals surface area contributed by atoms with E-state index in [1.807, 2.05) is 6.92 Å². The molecule has 0 radical (unpaired) electrons. The van der Waals surface area contributed by atoms with Crippen molar-refractivity contribution >= 4 is 23.1 Å². The number of hydrogen-bond donors (Lipinski definition) is 1. The molecule has 0 aromatic carbocycles. The topological polar surface area (TPSA) is 55.6 Å². The zero-order valence-corrected chi connectivity index (χ0v) is 10.8. The normalized spacial score (nSPS) is 24.4. The van der Waals surface area contributed by atoms with Gasteiger partial charge in [-0.1, -0.05) is 19.1 Å². The Bertz CT molecular complexity index is 271. The molecule has 0 aromatic heterocycles. The van der Waals surface area contributed by atoms with Crippen molar-refractivity contribution in [3.8, 4) is 0 Å². The van der Waals surface area contributed by atoms with Crippen molar-refractivity contribution in [2.45, 2.75) is 32.8 Å². The van der Waals surface area contributed by atoms with Crippen LogP contribution in [-0.4, -0.2) is 41.6 Å². The Hall–Kier alpha value is -0.680. The molecule has 1 amide bonds. The number of likely N-dealkylation sites (N-methyl/N-ethyl adjacent to an activating group) is 1. The number of rotatable bonds is 5. The van der Waals surface area contributed by atoms with Crippen molar-refractivity contribution in [2.75, 3.05) is 19.7 Å². The van der Waals surface area contributed by atoms with Crippen LogP contribution >= 0.6 is 12.2 Å². The maximum atomic E-state index is 12.1. The van der Waals surface area contributed by atoms with Crippen LogP contribution in [0.2, 0.25) is 0 Å². The minimum atomic E-state index is -0.272. The third-order valence-electron chi connectivity index (χ3n) is 2.95. The molecule has 1 saturated heterocycles. The van der Waals surface area contributed by atoms with Crippen LogP contribution in [0.5, 0.6) is 0 Å². The second kappa shape index (κ2) is 6.15. The molecule has 1 aliphatic heterocycles. The van der Waals surface area contributed by atoms with Crippen molar-refractivity contribution in [3.63, 3.8) is 0 Å². The van der Waals surface area contributed by atoms with Gasteiger partial charge in [-0.25, -0.2) is 0 Å². The predicted molar refractivity (Wildman–Crippen MR) is 67.2 cm³/mol. The summed E-state index contributed by atoms with van der Waals surface area (Å²) in [5, 5.41) is 0. The Balaban J connectivity index is 2.51. The van der Waals surface area contributed by atoms with Crippen LogP contribution in [0.4, 0.5) is 0 Å². The van der Waals surface area contributed by atoms with E-state index in [1.54, 1.807) is 4.90 Å². The molecule has 1 fully saturated rings. The van der Waals surface area contributed by atoms with Gasteiger partial charge in [0.05, 0.1) is 4.99 Å². The van der Waals surface area contributed by atoms with Gasteiger partial charge in [0.25, 0.3) is 5.91 Å². The average Bonchev–Trinajstić information content (AvgIpc) is 2.64. The fraction of sp³-hybridized carbons (Fsp3) is 0.818. The van der Waals surface area contributed by atoms with Gasteiger partial charge >= 0.3 is 0 Å². The molecule has 0 aromatic rings. The second-order valence-corrected chi connectivity index (χ2v) is 4.72. The molecule has 0 aliphatic carbocycles. The molecule has 5 heteroatoms. The van der Waals surface area contributed by atoms with Crippen LogP contribution in [0.25, 0.3) is 0 Å². The standard InChI is InChI=1S/C11H20N2O2S/c1-3-13(6-4-9(12)16)11(14)10-8(2)5-7-15-10/h8,10H,3-7H2,1-2H3,(H2,12,16). The first-order chi connectivity index (χ1) is 7.56. The van der Waals surface area contributed by atoms with Gasteiger partial charge in [0, 0.05) is 26.1 Å². The lowest BCUT2D eigenvalue weighted by atomic mass is 10.0. The van der Waals surface area contributed by atoms with E-state index in [-0.39, 0.29) is 12.0 Å². The smallest absolute Gasteiger partial charge is 0.251 e. The summed E-state index contributed by atoms with van der Waals surface area (Å²) in [5.41, 5.74) is 5.44. The Morgan fingerprint density at radius 2 is 2.31 bits per heavy atom. The molecule has 2 atom stereocenters. The molecule has 0 spiro atoms. The highest BCUT2D eigenvalue weighted by atomic mass is 32.1. The maximum Gasteiger partial charge on any atom is 0.251 e. The van der Waals surface area contributed by atoms with Gasteiger partial charge in [-0.2, -0.15) is 0 Å². The van der Waals surface area contributed by atoms with Gasteiger partial charge in [-0.3, -0.25) is 4.79 Å². The SMILES string of the molecule is CCN(CCC(N)=S)C(=O)C1OCCC1C. The summed E-state index contributed by atoms with van der Waals surface area (Å²) >= 11 is 4.81. The molecule has 0 saturated carbocycles. The molecule has 2 N–H and O–H groups in total. The summed E-state index contributed by atoms with van der Waals surface area (Å²) in [4.78, 5) is 14.3. The minimum Gasteiger partial charge on any atom is -0.393 e. The van der Waals surface area contributed by atoms with Crippen LogP contribution in [0, 0.1) is 5.92 Å². The summed E-state index contributed by atoms with van der Waals surface area (Å²) in [6.45, 7) is 5.96. The van der Waals surface area contributed by atoms with Crippen molar-refractivity contribution in [1.29, 1.82) is 0 Å². The fourth-order valence-corrected chi connectivity index (χ4v) is 1.95. The van der Waals surface area contributed by atoms with E-state index in [1.165, 1.54) is 0 Å². The van der Waals surface area contributed by atoms with Gasteiger partial charge in [-0.05, 0) is 19.3 Å². The molecular formula is C11H20N2O2S. The minimum absolute atomic E-state index is 0.0729. The lowest BCUT2D eigenvalue weighted by molar-refractivity contribution is -0.142. The van der Waals surface area contributed by atoms with Crippen LogP contribution in [-0.2, 0) is 9.53 Å². The molecule has 4 nitrogen and oxygen atoms in total.